The summed E-state index contributed by atoms with van der Waals surface area (Å²) in [6.45, 7) is 2.02. The number of anilines is 2. The molecule has 0 saturated heterocycles. The van der Waals surface area contributed by atoms with Gasteiger partial charge in [0.1, 0.15) is 12.4 Å². The molecule has 3 N–H and O–H groups in total. The van der Waals surface area contributed by atoms with Crippen molar-refractivity contribution in [1.29, 1.82) is 0 Å². The summed E-state index contributed by atoms with van der Waals surface area (Å²) in [4.78, 5) is 42.7. The van der Waals surface area contributed by atoms with Gasteiger partial charge in [-0.15, -0.1) is 5.10 Å². The summed E-state index contributed by atoms with van der Waals surface area (Å²) >= 11 is 0. The number of aromatic nitrogens is 5. The standard InChI is InChI=1S/C32H34N8O5/c1-3-45-31(42)26-10-6-5-9-25(37-30(41)15-12-21-8-4-7-11-29(21)40-20-34-38-39-40)28-18-22(16-17-33-28)24-14-13-23(19-27(24)36-26)35-32(43)44-2/h4,7-8,11-20,25-26,36H,3,5-6,9-10H2,1-2H3,(H,35,43)(H,37,41). The quantitative estimate of drug-likeness (QED) is 0.198. The van der Waals surface area contributed by atoms with Crippen LogP contribution in [0.1, 0.15) is 49.9 Å². The molecular weight excluding hydrogens is 576 g/mol. The van der Waals surface area contributed by atoms with E-state index in [1.807, 2.05) is 42.5 Å². The van der Waals surface area contributed by atoms with Gasteiger partial charge in [0.05, 0.1) is 31.1 Å². The lowest BCUT2D eigenvalue weighted by atomic mass is 9.96. The van der Waals surface area contributed by atoms with Crippen molar-refractivity contribution in [1.82, 2.24) is 30.5 Å². The van der Waals surface area contributed by atoms with Crippen molar-refractivity contribution in [2.24, 2.45) is 0 Å². The number of esters is 1. The first-order valence-corrected chi connectivity index (χ1v) is 14.6. The molecule has 45 heavy (non-hydrogen) atoms. The zero-order valence-corrected chi connectivity index (χ0v) is 25.0. The van der Waals surface area contributed by atoms with E-state index in [-0.39, 0.29) is 24.5 Å². The Labute approximate surface area is 260 Å². The number of ether oxygens (including phenoxy) is 2. The lowest BCUT2D eigenvalue weighted by molar-refractivity contribution is -0.144. The zero-order chi connectivity index (χ0) is 31.6. The summed E-state index contributed by atoms with van der Waals surface area (Å²) in [6.07, 6.45) is 8.30. The summed E-state index contributed by atoms with van der Waals surface area (Å²) in [5, 5.41) is 20.5. The summed E-state index contributed by atoms with van der Waals surface area (Å²) in [5.41, 5.74) is 4.94. The van der Waals surface area contributed by atoms with Crippen LogP contribution >= 0.6 is 0 Å². The number of amides is 2. The largest absolute Gasteiger partial charge is 0.464 e. The minimum absolute atomic E-state index is 0.253. The van der Waals surface area contributed by atoms with Crippen LogP contribution in [-0.2, 0) is 19.1 Å². The first-order chi connectivity index (χ1) is 21.9. The smallest absolute Gasteiger partial charge is 0.411 e. The number of rotatable bonds is 7. The van der Waals surface area contributed by atoms with Gasteiger partial charge in [-0.25, -0.2) is 9.59 Å². The van der Waals surface area contributed by atoms with Crippen LogP contribution in [-0.4, -0.2) is 62.9 Å². The molecule has 2 unspecified atom stereocenters. The third-order valence-corrected chi connectivity index (χ3v) is 7.30. The number of carbonyl (C=O) groups is 3. The van der Waals surface area contributed by atoms with E-state index in [2.05, 4.69) is 36.5 Å². The van der Waals surface area contributed by atoms with Crippen LogP contribution in [0.3, 0.4) is 0 Å². The van der Waals surface area contributed by atoms with Crippen molar-refractivity contribution in [2.45, 2.75) is 44.7 Å². The maximum Gasteiger partial charge on any atom is 0.411 e. The number of fused-ring (bicyclic) bond motifs is 4. The molecule has 0 spiro atoms. The highest BCUT2D eigenvalue weighted by Crippen LogP contribution is 2.34. The van der Waals surface area contributed by atoms with Crippen LogP contribution < -0.4 is 16.0 Å². The number of hydrogen-bond donors (Lipinski definition) is 3. The van der Waals surface area contributed by atoms with Gasteiger partial charge in [0.15, 0.2) is 0 Å². The van der Waals surface area contributed by atoms with Crippen molar-refractivity contribution in [3.8, 4) is 16.8 Å². The van der Waals surface area contributed by atoms with Crippen molar-refractivity contribution in [2.75, 3.05) is 24.4 Å². The molecule has 0 aliphatic carbocycles. The van der Waals surface area contributed by atoms with Gasteiger partial charge >= 0.3 is 12.1 Å². The molecule has 2 bridgehead atoms. The molecule has 13 heteroatoms. The van der Waals surface area contributed by atoms with E-state index in [0.29, 0.717) is 36.3 Å². The Bertz CT molecular complexity index is 1670. The number of tetrazole rings is 1. The second-order valence-corrected chi connectivity index (χ2v) is 10.3. The fraction of sp³-hybridized carbons (Fsp3) is 0.281. The molecule has 1 aliphatic rings. The highest BCUT2D eigenvalue weighted by molar-refractivity contribution is 5.93. The van der Waals surface area contributed by atoms with Gasteiger partial charge in [0.2, 0.25) is 5.91 Å². The molecule has 5 rings (SSSR count). The second kappa shape index (κ2) is 14.7. The van der Waals surface area contributed by atoms with Crippen molar-refractivity contribution < 1.29 is 23.9 Å². The second-order valence-electron chi connectivity index (χ2n) is 10.3. The van der Waals surface area contributed by atoms with E-state index < -0.39 is 12.1 Å². The minimum atomic E-state index is -0.617. The van der Waals surface area contributed by atoms with Crippen molar-refractivity contribution in [3.63, 3.8) is 0 Å². The molecule has 2 aromatic carbocycles. The molecule has 232 valence electrons. The van der Waals surface area contributed by atoms with Gasteiger partial charge in [-0.3, -0.25) is 15.1 Å². The van der Waals surface area contributed by atoms with E-state index in [0.717, 1.165) is 28.8 Å². The minimum Gasteiger partial charge on any atom is -0.464 e. The van der Waals surface area contributed by atoms with Crippen LogP contribution in [0.15, 0.2) is 73.2 Å². The average molecular weight is 611 g/mol. The van der Waals surface area contributed by atoms with Gasteiger partial charge in [0.25, 0.3) is 0 Å². The maximum atomic E-state index is 13.2. The van der Waals surface area contributed by atoms with Gasteiger partial charge in [-0.05, 0) is 72.2 Å². The van der Waals surface area contributed by atoms with E-state index >= 15 is 0 Å². The van der Waals surface area contributed by atoms with Crippen LogP contribution in [0.4, 0.5) is 16.2 Å². The molecule has 0 saturated carbocycles. The Kier molecular flexibility index (Phi) is 10.1. The third kappa shape index (κ3) is 7.88. The third-order valence-electron chi connectivity index (χ3n) is 7.30. The van der Waals surface area contributed by atoms with E-state index in [9.17, 15) is 14.4 Å². The first kappa shape index (κ1) is 30.9. The first-order valence-electron chi connectivity index (χ1n) is 14.6. The zero-order valence-electron chi connectivity index (χ0n) is 25.0. The van der Waals surface area contributed by atoms with Crippen LogP contribution in [0.2, 0.25) is 0 Å². The summed E-state index contributed by atoms with van der Waals surface area (Å²) < 4.78 is 11.6. The normalized spacial score (nSPS) is 16.3. The highest BCUT2D eigenvalue weighted by Gasteiger charge is 2.24. The molecule has 0 fully saturated rings. The molecule has 1 aliphatic heterocycles. The maximum absolute atomic E-state index is 13.2. The fourth-order valence-electron chi connectivity index (χ4n) is 5.13. The number of benzene rings is 2. The highest BCUT2D eigenvalue weighted by atomic mass is 16.5. The Hall–Kier alpha value is -5.59. The number of hydrogen-bond acceptors (Lipinski definition) is 10. The Morgan fingerprint density at radius 3 is 2.73 bits per heavy atom. The van der Waals surface area contributed by atoms with Crippen LogP contribution in [0, 0.1) is 0 Å². The lowest BCUT2D eigenvalue weighted by Gasteiger charge is -2.24. The number of para-hydroxylation sites is 1. The van der Waals surface area contributed by atoms with Gasteiger partial charge in [-0.2, -0.15) is 4.68 Å². The molecule has 2 aromatic heterocycles. The van der Waals surface area contributed by atoms with Crippen molar-refractivity contribution >= 4 is 35.4 Å². The molecule has 2 amide bonds. The van der Waals surface area contributed by atoms with Gasteiger partial charge < -0.3 is 20.1 Å². The summed E-state index contributed by atoms with van der Waals surface area (Å²) in [6, 6.07) is 15.6. The predicted octanol–water partition coefficient (Wildman–Crippen LogP) is 4.69. The molecule has 3 heterocycles. The molecular formula is C32H34N8O5. The van der Waals surface area contributed by atoms with Gasteiger partial charge in [0, 0.05) is 34.8 Å². The van der Waals surface area contributed by atoms with Crippen LogP contribution in [0.25, 0.3) is 22.9 Å². The molecule has 13 nitrogen and oxygen atoms in total. The molecule has 0 radical (unpaired) electrons. The predicted molar refractivity (Wildman–Crippen MR) is 167 cm³/mol. The fourth-order valence-corrected chi connectivity index (χ4v) is 5.13. The number of carbonyl (C=O) groups excluding carboxylic acids is 3. The van der Waals surface area contributed by atoms with Gasteiger partial charge in [-0.1, -0.05) is 37.1 Å². The Morgan fingerprint density at radius 2 is 1.93 bits per heavy atom. The number of pyridine rings is 1. The van der Waals surface area contributed by atoms with Crippen molar-refractivity contribution in [3.05, 3.63) is 84.5 Å². The summed E-state index contributed by atoms with van der Waals surface area (Å²) in [5.74, 6) is -0.644. The Balaban J connectivity index is 1.44. The Morgan fingerprint density at radius 1 is 1.09 bits per heavy atom. The average Bonchev–Trinajstić information content (AvgIpc) is 3.59. The monoisotopic (exact) mass is 610 g/mol. The number of methoxy groups -OCH3 is 1. The molecule has 4 aromatic rings. The SMILES string of the molecule is CCOC(=O)C1CCCCC(NC(=O)C=Cc2ccccc2-n2cnnn2)c2cc(ccn2)-c2ccc(NC(=O)OC)cc2N1. The number of nitrogens with zero attached hydrogens (tertiary/aromatic N) is 5. The molecule has 2 atom stereocenters. The van der Waals surface area contributed by atoms with Crippen LogP contribution in [0.5, 0.6) is 0 Å². The van der Waals surface area contributed by atoms with E-state index in [1.165, 1.54) is 24.2 Å². The number of nitrogens with one attached hydrogen (secondary N) is 3. The van der Waals surface area contributed by atoms with E-state index in [1.54, 1.807) is 31.3 Å². The van der Waals surface area contributed by atoms with E-state index in [4.69, 9.17) is 9.47 Å². The summed E-state index contributed by atoms with van der Waals surface area (Å²) in [7, 11) is 1.29. The topological polar surface area (TPSA) is 162 Å². The lowest BCUT2D eigenvalue weighted by Crippen LogP contribution is -2.32.